The molecule has 1 unspecified atom stereocenters. The van der Waals surface area contributed by atoms with Crippen molar-refractivity contribution < 1.29 is 33.0 Å². The number of nitrogens with zero attached hydrogens (tertiary/aromatic N) is 1. The Morgan fingerprint density at radius 3 is 2.51 bits per heavy atom. The van der Waals surface area contributed by atoms with Crippen LogP contribution < -0.4 is 9.47 Å². The van der Waals surface area contributed by atoms with Crippen LogP contribution in [0.3, 0.4) is 0 Å². The second kappa shape index (κ2) is 11.0. The van der Waals surface area contributed by atoms with Gasteiger partial charge in [-0.05, 0) is 61.7 Å². The first kappa shape index (κ1) is 26.1. The molecule has 0 saturated carbocycles. The van der Waals surface area contributed by atoms with Crippen molar-refractivity contribution in [2.24, 2.45) is 0 Å². The Hall–Kier alpha value is -3.94. The van der Waals surface area contributed by atoms with Gasteiger partial charge < -0.3 is 19.5 Å². The smallest absolute Gasteiger partial charge is 0.323 e. The summed E-state index contributed by atoms with van der Waals surface area (Å²) in [6, 6.07) is 15.7. The third kappa shape index (κ3) is 6.25. The monoisotopic (exact) mass is 509 g/mol. The van der Waals surface area contributed by atoms with E-state index in [9.17, 15) is 23.5 Å². The molecule has 37 heavy (non-hydrogen) atoms. The minimum atomic E-state index is -1.16. The number of hydrogen-bond acceptors (Lipinski definition) is 4. The fourth-order valence-corrected chi connectivity index (χ4v) is 4.67. The lowest BCUT2D eigenvalue weighted by molar-refractivity contribution is -0.137. The molecule has 3 aromatic rings. The fraction of sp³-hybridized carbons (Fsp3) is 0.310. The van der Waals surface area contributed by atoms with Gasteiger partial charge in [-0.1, -0.05) is 30.3 Å². The van der Waals surface area contributed by atoms with E-state index in [-0.39, 0.29) is 24.3 Å². The molecule has 0 fully saturated rings. The van der Waals surface area contributed by atoms with Crippen molar-refractivity contribution in [2.45, 2.75) is 38.7 Å². The second-order valence-corrected chi connectivity index (χ2v) is 9.39. The van der Waals surface area contributed by atoms with E-state index in [4.69, 9.17) is 9.47 Å². The largest absolute Gasteiger partial charge is 0.490 e. The molecule has 3 aromatic carbocycles. The molecule has 6 nitrogen and oxygen atoms in total. The van der Waals surface area contributed by atoms with Gasteiger partial charge in [0, 0.05) is 30.5 Å². The van der Waals surface area contributed by atoms with Crippen LogP contribution in [0, 0.1) is 11.6 Å². The summed E-state index contributed by atoms with van der Waals surface area (Å²) in [5, 5.41) is 9.41. The first-order chi connectivity index (χ1) is 17.7. The van der Waals surface area contributed by atoms with Gasteiger partial charge in [0.05, 0.1) is 6.61 Å². The summed E-state index contributed by atoms with van der Waals surface area (Å²) in [5.41, 5.74) is 1.71. The number of carboxylic acids is 1. The van der Waals surface area contributed by atoms with Gasteiger partial charge in [0.25, 0.3) is 5.91 Å². The summed E-state index contributed by atoms with van der Waals surface area (Å²) >= 11 is 0. The molecule has 8 heteroatoms. The van der Waals surface area contributed by atoms with Gasteiger partial charge in [-0.2, -0.15) is 0 Å². The maximum Gasteiger partial charge on any atom is 0.323 e. The number of carbonyl (C=O) groups is 2. The maximum atomic E-state index is 14.1. The average Bonchev–Trinajstić information content (AvgIpc) is 3.19. The van der Waals surface area contributed by atoms with Gasteiger partial charge in [-0.3, -0.25) is 9.59 Å². The highest BCUT2D eigenvalue weighted by atomic mass is 19.1. The average molecular weight is 510 g/mol. The molecule has 1 amide bonds. The van der Waals surface area contributed by atoms with Crippen molar-refractivity contribution in [1.82, 2.24) is 4.90 Å². The van der Waals surface area contributed by atoms with E-state index in [0.717, 1.165) is 11.1 Å². The van der Waals surface area contributed by atoms with Crippen molar-refractivity contribution in [1.29, 1.82) is 0 Å². The molecule has 0 aliphatic carbocycles. The summed E-state index contributed by atoms with van der Waals surface area (Å²) in [6.07, 6.45) is 1.17. The summed E-state index contributed by atoms with van der Waals surface area (Å²) in [4.78, 5) is 26.2. The standard InChI is InChI=1S/C29H29F2NO5/c1-3-36-25-15-21(28(35)32(18-26(33)34)13-12-20-6-4-5-7-24(20)31)14-22-17-29(2,37-27(22)25)16-19-8-10-23(30)11-9-19/h4-11,14-15H,3,12-13,16-18H2,1-2H3,(H,33,34). The summed E-state index contributed by atoms with van der Waals surface area (Å²) in [5.74, 6) is -1.43. The highest BCUT2D eigenvalue weighted by Crippen LogP contribution is 2.44. The van der Waals surface area contributed by atoms with Gasteiger partial charge in [-0.25, -0.2) is 8.78 Å². The molecule has 1 heterocycles. The highest BCUT2D eigenvalue weighted by Gasteiger charge is 2.38. The third-order valence-corrected chi connectivity index (χ3v) is 6.30. The van der Waals surface area contributed by atoms with Crippen LogP contribution >= 0.6 is 0 Å². The molecule has 0 radical (unpaired) electrons. The number of halogens is 2. The molecule has 0 aromatic heterocycles. The normalized spacial score (nSPS) is 16.1. The van der Waals surface area contributed by atoms with E-state index in [2.05, 4.69) is 0 Å². The second-order valence-electron chi connectivity index (χ2n) is 9.39. The quantitative estimate of drug-likeness (QED) is 0.413. The predicted octanol–water partition coefficient (Wildman–Crippen LogP) is 5.07. The molecule has 194 valence electrons. The van der Waals surface area contributed by atoms with Crippen LogP contribution in [-0.4, -0.2) is 47.2 Å². The number of ether oxygens (including phenoxy) is 2. The van der Waals surface area contributed by atoms with Crippen molar-refractivity contribution >= 4 is 11.9 Å². The Balaban J connectivity index is 1.59. The molecule has 1 N–H and O–H groups in total. The Morgan fingerprint density at radius 2 is 1.84 bits per heavy atom. The van der Waals surface area contributed by atoms with Gasteiger partial charge >= 0.3 is 5.97 Å². The molecule has 0 spiro atoms. The molecule has 1 atom stereocenters. The summed E-state index contributed by atoms with van der Waals surface area (Å²) < 4.78 is 39.5. The lowest BCUT2D eigenvalue weighted by Gasteiger charge is -2.24. The van der Waals surface area contributed by atoms with Crippen LogP contribution in [0.5, 0.6) is 11.5 Å². The van der Waals surface area contributed by atoms with Gasteiger partial charge in [0.15, 0.2) is 11.5 Å². The molecule has 0 bridgehead atoms. The number of fused-ring (bicyclic) bond motifs is 1. The van der Waals surface area contributed by atoms with Crippen LogP contribution in [0.2, 0.25) is 0 Å². The first-order valence-corrected chi connectivity index (χ1v) is 12.1. The molecule has 4 rings (SSSR count). The van der Waals surface area contributed by atoms with Crippen LogP contribution in [0.25, 0.3) is 0 Å². The van der Waals surface area contributed by atoms with E-state index < -0.39 is 29.8 Å². The van der Waals surface area contributed by atoms with Crippen LogP contribution in [-0.2, 0) is 24.1 Å². The predicted molar refractivity (Wildman–Crippen MR) is 134 cm³/mol. The fourth-order valence-electron chi connectivity index (χ4n) is 4.67. The number of hydrogen-bond donors (Lipinski definition) is 1. The minimum absolute atomic E-state index is 0.0336. The zero-order valence-corrected chi connectivity index (χ0v) is 20.8. The van der Waals surface area contributed by atoms with Gasteiger partial charge in [-0.15, -0.1) is 0 Å². The van der Waals surface area contributed by atoms with Crippen molar-refractivity contribution in [3.05, 3.63) is 94.6 Å². The number of aliphatic carboxylic acids is 1. The molecule has 0 saturated heterocycles. The minimum Gasteiger partial charge on any atom is -0.490 e. The van der Waals surface area contributed by atoms with E-state index in [1.165, 1.54) is 23.1 Å². The van der Waals surface area contributed by atoms with E-state index in [1.54, 1.807) is 42.5 Å². The number of benzene rings is 3. The Labute approximate surface area is 214 Å². The van der Waals surface area contributed by atoms with Crippen molar-refractivity contribution in [2.75, 3.05) is 19.7 Å². The Bertz CT molecular complexity index is 1290. The highest BCUT2D eigenvalue weighted by molar-refractivity contribution is 5.97. The van der Waals surface area contributed by atoms with E-state index >= 15 is 0 Å². The van der Waals surface area contributed by atoms with E-state index in [0.29, 0.717) is 36.5 Å². The van der Waals surface area contributed by atoms with E-state index in [1.807, 2.05) is 13.8 Å². The summed E-state index contributed by atoms with van der Waals surface area (Å²) in [6.45, 7) is 3.62. The maximum absolute atomic E-state index is 14.1. The Kier molecular flexibility index (Phi) is 7.76. The van der Waals surface area contributed by atoms with Crippen LogP contribution in [0.1, 0.15) is 40.9 Å². The molecule has 1 aliphatic rings. The lowest BCUT2D eigenvalue weighted by Crippen LogP contribution is -2.37. The first-order valence-electron chi connectivity index (χ1n) is 12.1. The third-order valence-electron chi connectivity index (χ3n) is 6.30. The van der Waals surface area contributed by atoms with Crippen molar-refractivity contribution in [3.63, 3.8) is 0 Å². The SMILES string of the molecule is CCOc1cc(C(=O)N(CCc2ccccc2F)CC(=O)O)cc2c1OC(C)(Cc1ccc(F)cc1)C2. The molecule has 1 aliphatic heterocycles. The zero-order chi connectivity index (χ0) is 26.6. The zero-order valence-electron chi connectivity index (χ0n) is 20.8. The number of carbonyl (C=O) groups excluding carboxylic acids is 1. The van der Waals surface area contributed by atoms with Gasteiger partial charge in [0.1, 0.15) is 23.8 Å². The molecular weight excluding hydrogens is 480 g/mol. The van der Waals surface area contributed by atoms with Gasteiger partial charge in [0.2, 0.25) is 0 Å². The summed E-state index contributed by atoms with van der Waals surface area (Å²) in [7, 11) is 0. The number of carboxylic acid groups (broad SMARTS) is 1. The number of rotatable bonds is 10. The van der Waals surface area contributed by atoms with Crippen LogP contribution in [0.4, 0.5) is 8.78 Å². The number of amides is 1. The topological polar surface area (TPSA) is 76.1 Å². The Morgan fingerprint density at radius 1 is 1.11 bits per heavy atom. The van der Waals surface area contributed by atoms with Crippen LogP contribution in [0.15, 0.2) is 60.7 Å². The van der Waals surface area contributed by atoms with Crippen molar-refractivity contribution in [3.8, 4) is 11.5 Å². The lowest BCUT2D eigenvalue weighted by atomic mass is 9.91. The molecular formula is C29H29F2NO5.